The standard InChI is InChI=1S/C17H16BrNO2/c18-14-7-3-2-6-13(14)17(16(21)11-20)19-10-9-12-5-1-4-8-15(12)19/h1-10,16-17,20-21H,11H2. The molecule has 0 spiro atoms. The molecule has 3 nitrogen and oxygen atoms in total. The summed E-state index contributed by atoms with van der Waals surface area (Å²) in [5.41, 5.74) is 1.98. The predicted octanol–water partition coefficient (Wildman–Crippen LogP) is 3.35. The molecular formula is C17H16BrNO2. The zero-order valence-electron chi connectivity index (χ0n) is 11.4. The monoisotopic (exact) mass is 345 g/mol. The Bertz CT molecular complexity index is 753. The van der Waals surface area contributed by atoms with Crippen molar-refractivity contribution in [1.29, 1.82) is 0 Å². The largest absolute Gasteiger partial charge is 0.394 e. The summed E-state index contributed by atoms with van der Waals surface area (Å²) in [5.74, 6) is 0. The molecule has 0 bridgehead atoms. The molecule has 1 heterocycles. The van der Waals surface area contributed by atoms with Crippen LogP contribution in [0.3, 0.4) is 0 Å². The molecular weight excluding hydrogens is 330 g/mol. The number of benzene rings is 2. The molecule has 2 N–H and O–H groups in total. The van der Waals surface area contributed by atoms with Crippen molar-refractivity contribution in [2.75, 3.05) is 6.61 Å². The second kappa shape index (κ2) is 6.02. The number of fused-ring (bicyclic) bond motifs is 1. The highest BCUT2D eigenvalue weighted by Crippen LogP contribution is 2.32. The normalized spacial score (nSPS) is 14.2. The first kappa shape index (κ1) is 14.3. The third kappa shape index (κ3) is 2.62. The smallest absolute Gasteiger partial charge is 0.102 e. The van der Waals surface area contributed by atoms with Gasteiger partial charge in [-0.3, -0.25) is 0 Å². The lowest BCUT2D eigenvalue weighted by Gasteiger charge is -2.25. The minimum absolute atomic E-state index is 0.293. The van der Waals surface area contributed by atoms with E-state index in [4.69, 9.17) is 0 Å². The molecule has 0 aliphatic heterocycles. The summed E-state index contributed by atoms with van der Waals surface area (Å²) in [5, 5.41) is 20.9. The molecule has 2 unspecified atom stereocenters. The van der Waals surface area contributed by atoms with E-state index >= 15 is 0 Å². The van der Waals surface area contributed by atoms with E-state index < -0.39 is 6.10 Å². The van der Waals surface area contributed by atoms with Crippen LogP contribution in [0.15, 0.2) is 65.3 Å². The highest BCUT2D eigenvalue weighted by molar-refractivity contribution is 9.10. The van der Waals surface area contributed by atoms with Gasteiger partial charge in [0.25, 0.3) is 0 Å². The summed E-state index contributed by atoms with van der Waals surface area (Å²) in [7, 11) is 0. The molecule has 21 heavy (non-hydrogen) atoms. The summed E-state index contributed by atoms with van der Waals surface area (Å²) in [6.07, 6.45) is 1.08. The van der Waals surface area contributed by atoms with Crippen molar-refractivity contribution >= 4 is 26.8 Å². The number of hydrogen-bond acceptors (Lipinski definition) is 2. The second-order valence-electron chi connectivity index (χ2n) is 5.00. The third-order valence-corrected chi connectivity index (χ3v) is 4.43. The van der Waals surface area contributed by atoms with Crippen LogP contribution < -0.4 is 0 Å². The molecule has 0 saturated carbocycles. The zero-order valence-corrected chi connectivity index (χ0v) is 12.9. The van der Waals surface area contributed by atoms with Crippen molar-refractivity contribution in [3.8, 4) is 0 Å². The maximum Gasteiger partial charge on any atom is 0.102 e. The van der Waals surface area contributed by atoms with Crippen molar-refractivity contribution in [2.45, 2.75) is 12.1 Å². The number of hydrogen-bond donors (Lipinski definition) is 2. The maximum atomic E-state index is 10.3. The number of halogens is 1. The Labute approximate surface area is 131 Å². The van der Waals surface area contributed by atoms with Crippen LogP contribution in [-0.4, -0.2) is 27.5 Å². The fourth-order valence-corrected chi connectivity index (χ4v) is 3.22. The van der Waals surface area contributed by atoms with Gasteiger partial charge in [-0.15, -0.1) is 0 Å². The van der Waals surface area contributed by atoms with Gasteiger partial charge in [-0.2, -0.15) is 0 Å². The van der Waals surface area contributed by atoms with Crippen LogP contribution in [0.25, 0.3) is 10.9 Å². The van der Waals surface area contributed by atoms with Crippen LogP contribution in [0, 0.1) is 0 Å². The average molecular weight is 346 g/mol. The molecule has 108 valence electrons. The Morgan fingerprint density at radius 2 is 1.71 bits per heavy atom. The van der Waals surface area contributed by atoms with Crippen molar-refractivity contribution in [3.05, 3.63) is 70.8 Å². The number of nitrogens with zero attached hydrogens (tertiary/aromatic N) is 1. The number of rotatable bonds is 4. The highest BCUT2D eigenvalue weighted by atomic mass is 79.9. The predicted molar refractivity (Wildman–Crippen MR) is 87.3 cm³/mol. The number of aliphatic hydroxyl groups excluding tert-OH is 2. The van der Waals surface area contributed by atoms with E-state index in [1.165, 1.54) is 0 Å². The summed E-state index contributed by atoms with van der Waals surface area (Å²) in [4.78, 5) is 0. The zero-order chi connectivity index (χ0) is 14.8. The summed E-state index contributed by atoms with van der Waals surface area (Å²) in [6.45, 7) is -0.293. The van der Waals surface area contributed by atoms with Gasteiger partial charge in [0, 0.05) is 16.2 Å². The van der Waals surface area contributed by atoms with Gasteiger partial charge in [-0.1, -0.05) is 52.3 Å². The van der Waals surface area contributed by atoms with Crippen LogP contribution in [0.2, 0.25) is 0 Å². The third-order valence-electron chi connectivity index (χ3n) is 3.70. The molecule has 1 aromatic heterocycles. The summed E-state index contributed by atoms with van der Waals surface area (Å²) < 4.78 is 2.93. The number of para-hydroxylation sites is 1. The van der Waals surface area contributed by atoms with Gasteiger partial charge in [0.2, 0.25) is 0 Å². The van der Waals surface area contributed by atoms with Gasteiger partial charge in [0.05, 0.1) is 12.6 Å². The summed E-state index contributed by atoms with van der Waals surface area (Å²) >= 11 is 3.54. The quantitative estimate of drug-likeness (QED) is 0.761. The molecule has 0 aliphatic rings. The van der Waals surface area contributed by atoms with Crippen LogP contribution in [0.4, 0.5) is 0 Å². The van der Waals surface area contributed by atoms with Crippen LogP contribution in [0.5, 0.6) is 0 Å². The van der Waals surface area contributed by atoms with Gasteiger partial charge in [0.15, 0.2) is 0 Å². The first-order valence-corrected chi connectivity index (χ1v) is 7.60. The van der Waals surface area contributed by atoms with E-state index in [1.54, 1.807) is 0 Å². The molecule has 3 aromatic rings. The van der Waals surface area contributed by atoms with Crippen molar-refractivity contribution < 1.29 is 10.2 Å². The lowest BCUT2D eigenvalue weighted by atomic mass is 10.0. The highest BCUT2D eigenvalue weighted by Gasteiger charge is 2.25. The van der Waals surface area contributed by atoms with Crippen LogP contribution in [-0.2, 0) is 0 Å². The molecule has 3 rings (SSSR count). The van der Waals surface area contributed by atoms with Gasteiger partial charge in [-0.25, -0.2) is 0 Å². The molecule has 0 radical (unpaired) electrons. The molecule has 0 saturated heterocycles. The number of aliphatic hydroxyl groups is 2. The Balaban J connectivity index is 2.19. The minimum Gasteiger partial charge on any atom is -0.394 e. The van der Waals surface area contributed by atoms with E-state index in [9.17, 15) is 10.2 Å². The van der Waals surface area contributed by atoms with Gasteiger partial charge in [0.1, 0.15) is 6.10 Å². The minimum atomic E-state index is -0.875. The summed E-state index contributed by atoms with van der Waals surface area (Å²) in [6, 6.07) is 17.5. The average Bonchev–Trinajstić information content (AvgIpc) is 2.93. The van der Waals surface area contributed by atoms with E-state index in [-0.39, 0.29) is 12.6 Å². The van der Waals surface area contributed by atoms with Gasteiger partial charge >= 0.3 is 0 Å². The Morgan fingerprint density at radius 1 is 1.00 bits per heavy atom. The molecule has 4 heteroatoms. The van der Waals surface area contributed by atoms with Crippen molar-refractivity contribution in [2.24, 2.45) is 0 Å². The van der Waals surface area contributed by atoms with Crippen molar-refractivity contribution in [3.63, 3.8) is 0 Å². The first-order chi connectivity index (χ1) is 10.2. The second-order valence-corrected chi connectivity index (χ2v) is 5.85. The molecule has 0 fully saturated rings. The van der Waals surface area contributed by atoms with E-state index in [0.29, 0.717) is 0 Å². The Hall–Kier alpha value is -1.62. The van der Waals surface area contributed by atoms with Gasteiger partial charge in [-0.05, 0) is 29.1 Å². The maximum absolute atomic E-state index is 10.3. The molecule has 0 aliphatic carbocycles. The van der Waals surface area contributed by atoms with E-state index in [0.717, 1.165) is 20.9 Å². The first-order valence-electron chi connectivity index (χ1n) is 6.81. The fourth-order valence-electron chi connectivity index (χ4n) is 2.70. The van der Waals surface area contributed by atoms with Crippen molar-refractivity contribution in [1.82, 2.24) is 4.57 Å². The lowest BCUT2D eigenvalue weighted by molar-refractivity contribution is 0.0652. The molecule has 2 aromatic carbocycles. The molecule has 2 atom stereocenters. The Morgan fingerprint density at radius 3 is 2.48 bits per heavy atom. The fraction of sp³-hybridized carbons (Fsp3) is 0.176. The molecule has 0 amide bonds. The Kier molecular flexibility index (Phi) is 4.10. The number of aromatic nitrogens is 1. The topological polar surface area (TPSA) is 45.4 Å². The van der Waals surface area contributed by atoms with Gasteiger partial charge < -0.3 is 14.8 Å². The lowest BCUT2D eigenvalue weighted by Crippen LogP contribution is -2.28. The van der Waals surface area contributed by atoms with Crippen LogP contribution in [0.1, 0.15) is 11.6 Å². The van der Waals surface area contributed by atoms with E-state index in [1.807, 2.05) is 65.4 Å². The van der Waals surface area contributed by atoms with E-state index in [2.05, 4.69) is 15.9 Å². The SMILES string of the molecule is OCC(O)C(c1ccccc1Br)n1ccc2ccccc21. The van der Waals surface area contributed by atoms with Crippen LogP contribution >= 0.6 is 15.9 Å².